The molecule has 80 valence electrons. The van der Waals surface area contributed by atoms with Crippen LogP contribution in [0.5, 0.6) is 0 Å². The lowest BCUT2D eigenvalue weighted by Gasteiger charge is -1.95. The van der Waals surface area contributed by atoms with Crippen molar-refractivity contribution in [2.24, 2.45) is 5.73 Å². The summed E-state index contributed by atoms with van der Waals surface area (Å²) in [6.07, 6.45) is 4.49. The van der Waals surface area contributed by atoms with Crippen LogP contribution in [0.2, 0.25) is 0 Å². The minimum Gasteiger partial charge on any atom is -0.342 e. The Morgan fingerprint density at radius 3 is 2.80 bits per heavy atom. The molecule has 0 fully saturated rings. The van der Waals surface area contributed by atoms with Gasteiger partial charge in [0.05, 0.1) is 11.0 Å². The minimum atomic E-state index is 0.792. The first-order valence-corrected chi connectivity index (χ1v) is 5.54. The molecule has 1 heterocycles. The Labute approximate surface area is 89.7 Å². The number of hydrogen-bond donors (Lipinski definition) is 2. The van der Waals surface area contributed by atoms with Crippen LogP contribution in [0.1, 0.15) is 25.1 Å². The fourth-order valence-electron chi connectivity index (χ4n) is 1.74. The number of aromatic amines is 1. The van der Waals surface area contributed by atoms with E-state index in [2.05, 4.69) is 16.0 Å². The van der Waals surface area contributed by atoms with Crippen molar-refractivity contribution in [3.8, 4) is 0 Å². The molecular formula is C12H17N3. The maximum Gasteiger partial charge on any atom is 0.107 e. The molecule has 0 bridgehead atoms. The fraction of sp³-hybridized carbons (Fsp3) is 0.417. The van der Waals surface area contributed by atoms with E-state index < -0.39 is 0 Å². The summed E-state index contributed by atoms with van der Waals surface area (Å²) in [5, 5.41) is 0. The van der Waals surface area contributed by atoms with Gasteiger partial charge in [0.15, 0.2) is 0 Å². The zero-order valence-corrected chi connectivity index (χ0v) is 8.87. The van der Waals surface area contributed by atoms with E-state index in [4.69, 9.17) is 5.73 Å². The number of nitrogens with two attached hydrogens (primary N) is 1. The molecule has 0 aliphatic carbocycles. The number of nitrogens with zero attached hydrogens (tertiary/aromatic N) is 1. The summed E-state index contributed by atoms with van der Waals surface area (Å²) < 4.78 is 0. The van der Waals surface area contributed by atoms with Gasteiger partial charge in [0, 0.05) is 6.42 Å². The summed E-state index contributed by atoms with van der Waals surface area (Å²) in [6.45, 7) is 0.792. The van der Waals surface area contributed by atoms with Crippen molar-refractivity contribution in [3.63, 3.8) is 0 Å². The van der Waals surface area contributed by atoms with Gasteiger partial charge in [-0.3, -0.25) is 0 Å². The van der Waals surface area contributed by atoms with Crippen molar-refractivity contribution >= 4 is 11.0 Å². The van der Waals surface area contributed by atoms with Gasteiger partial charge in [-0.2, -0.15) is 0 Å². The van der Waals surface area contributed by atoms with Crippen LogP contribution in [0.3, 0.4) is 0 Å². The summed E-state index contributed by atoms with van der Waals surface area (Å²) in [5.74, 6) is 1.09. The van der Waals surface area contributed by atoms with Gasteiger partial charge >= 0.3 is 0 Å². The van der Waals surface area contributed by atoms with E-state index in [1.807, 2.05) is 18.2 Å². The molecule has 15 heavy (non-hydrogen) atoms. The number of aromatic nitrogens is 2. The summed E-state index contributed by atoms with van der Waals surface area (Å²) in [4.78, 5) is 7.85. The summed E-state index contributed by atoms with van der Waals surface area (Å²) in [5.41, 5.74) is 7.64. The molecule has 3 N–H and O–H groups in total. The normalized spacial score (nSPS) is 11.0. The van der Waals surface area contributed by atoms with Crippen molar-refractivity contribution in [2.75, 3.05) is 6.54 Å². The van der Waals surface area contributed by atoms with Gasteiger partial charge in [0.2, 0.25) is 0 Å². The summed E-state index contributed by atoms with van der Waals surface area (Å²) in [6, 6.07) is 8.14. The molecule has 2 rings (SSSR count). The molecule has 0 saturated heterocycles. The number of aryl methyl sites for hydroxylation is 1. The fourth-order valence-corrected chi connectivity index (χ4v) is 1.74. The van der Waals surface area contributed by atoms with E-state index >= 15 is 0 Å². The van der Waals surface area contributed by atoms with Crippen LogP contribution in [0.25, 0.3) is 11.0 Å². The van der Waals surface area contributed by atoms with Crippen LogP contribution < -0.4 is 5.73 Å². The monoisotopic (exact) mass is 203 g/mol. The maximum atomic E-state index is 5.45. The van der Waals surface area contributed by atoms with Gasteiger partial charge in [-0.15, -0.1) is 0 Å². The van der Waals surface area contributed by atoms with Crippen LogP contribution in [-0.2, 0) is 6.42 Å². The third-order valence-corrected chi connectivity index (χ3v) is 2.56. The molecule has 0 spiro atoms. The Kier molecular flexibility index (Phi) is 3.35. The Balaban J connectivity index is 1.97. The van der Waals surface area contributed by atoms with Gasteiger partial charge in [-0.1, -0.05) is 18.6 Å². The third-order valence-electron chi connectivity index (χ3n) is 2.56. The van der Waals surface area contributed by atoms with E-state index in [9.17, 15) is 0 Å². The second-order valence-electron chi connectivity index (χ2n) is 3.80. The predicted molar refractivity (Wildman–Crippen MR) is 62.7 cm³/mol. The number of para-hydroxylation sites is 2. The number of imidazole rings is 1. The first-order valence-electron chi connectivity index (χ1n) is 5.54. The highest BCUT2D eigenvalue weighted by Gasteiger charge is 2.00. The molecule has 0 radical (unpaired) electrons. The molecule has 0 aliphatic rings. The first kappa shape index (κ1) is 10.2. The molecule has 0 aliphatic heterocycles. The smallest absolute Gasteiger partial charge is 0.107 e. The number of benzene rings is 1. The maximum absolute atomic E-state index is 5.45. The van der Waals surface area contributed by atoms with Crippen molar-refractivity contribution < 1.29 is 0 Å². The lowest BCUT2D eigenvalue weighted by atomic mass is 10.2. The van der Waals surface area contributed by atoms with Crippen LogP contribution in [-0.4, -0.2) is 16.5 Å². The van der Waals surface area contributed by atoms with E-state index in [-0.39, 0.29) is 0 Å². The average Bonchev–Trinajstić information content (AvgIpc) is 2.67. The number of rotatable bonds is 5. The first-order chi connectivity index (χ1) is 7.40. The van der Waals surface area contributed by atoms with Crippen LogP contribution in [0, 0.1) is 0 Å². The van der Waals surface area contributed by atoms with Gasteiger partial charge in [-0.05, 0) is 31.5 Å². The Morgan fingerprint density at radius 2 is 2.00 bits per heavy atom. The molecule has 1 aromatic carbocycles. The van der Waals surface area contributed by atoms with Crippen molar-refractivity contribution in [1.29, 1.82) is 0 Å². The Hall–Kier alpha value is -1.35. The third kappa shape index (κ3) is 2.57. The highest BCUT2D eigenvalue weighted by molar-refractivity contribution is 5.74. The SMILES string of the molecule is NCCCCCc1nc2ccccc2[nH]1. The average molecular weight is 203 g/mol. The Bertz CT molecular complexity index is 386. The molecule has 0 atom stereocenters. The molecule has 3 heteroatoms. The van der Waals surface area contributed by atoms with Crippen molar-refractivity contribution in [3.05, 3.63) is 30.1 Å². The van der Waals surface area contributed by atoms with E-state index in [1.54, 1.807) is 0 Å². The predicted octanol–water partition coefficient (Wildman–Crippen LogP) is 2.23. The standard InChI is InChI=1S/C12H17N3/c13-9-5-1-2-8-12-14-10-6-3-4-7-11(10)15-12/h3-4,6-7H,1-2,5,8-9,13H2,(H,14,15). The van der Waals surface area contributed by atoms with Crippen molar-refractivity contribution in [2.45, 2.75) is 25.7 Å². The molecular weight excluding hydrogens is 186 g/mol. The number of H-pyrrole nitrogens is 1. The quantitative estimate of drug-likeness (QED) is 0.732. The van der Waals surface area contributed by atoms with Gasteiger partial charge in [-0.25, -0.2) is 4.98 Å². The van der Waals surface area contributed by atoms with Crippen molar-refractivity contribution in [1.82, 2.24) is 9.97 Å². The van der Waals surface area contributed by atoms with Crippen LogP contribution >= 0.6 is 0 Å². The minimum absolute atomic E-state index is 0.792. The molecule has 3 nitrogen and oxygen atoms in total. The summed E-state index contributed by atoms with van der Waals surface area (Å²) >= 11 is 0. The zero-order chi connectivity index (χ0) is 10.5. The number of unbranched alkanes of at least 4 members (excludes halogenated alkanes) is 2. The second kappa shape index (κ2) is 4.94. The topological polar surface area (TPSA) is 54.7 Å². The molecule has 0 saturated carbocycles. The highest BCUT2D eigenvalue weighted by atomic mass is 14.9. The number of nitrogens with one attached hydrogen (secondary N) is 1. The largest absolute Gasteiger partial charge is 0.342 e. The molecule has 0 unspecified atom stereocenters. The van der Waals surface area contributed by atoms with Crippen LogP contribution in [0.4, 0.5) is 0 Å². The lowest BCUT2D eigenvalue weighted by molar-refractivity contribution is 0.674. The summed E-state index contributed by atoms with van der Waals surface area (Å²) in [7, 11) is 0. The van der Waals surface area contributed by atoms with E-state index in [0.717, 1.165) is 42.7 Å². The van der Waals surface area contributed by atoms with Crippen LogP contribution in [0.15, 0.2) is 24.3 Å². The van der Waals surface area contributed by atoms with Gasteiger partial charge in [0.25, 0.3) is 0 Å². The molecule has 0 amide bonds. The number of hydrogen-bond acceptors (Lipinski definition) is 2. The lowest BCUT2D eigenvalue weighted by Crippen LogP contribution is -1.98. The molecule has 1 aromatic heterocycles. The Morgan fingerprint density at radius 1 is 1.13 bits per heavy atom. The molecule has 2 aromatic rings. The van der Waals surface area contributed by atoms with E-state index in [1.165, 1.54) is 6.42 Å². The second-order valence-corrected chi connectivity index (χ2v) is 3.80. The van der Waals surface area contributed by atoms with Gasteiger partial charge in [0.1, 0.15) is 5.82 Å². The highest BCUT2D eigenvalue weighted by Crippen LogP contribution is 2.11. The number of fused-ring (bicyclic) bond motifs is 1. The van der Waals surface area contributed by atoms with E-state index in [0.29, 0.717) is 0 Å². The van der Waals surface area contributed by atoms with Gasteiger partial charge < -0.3 is 10.7 Å². The zero-order valence-electron chi connectivity index (χ0n) is 8.87.